The highest BCUT2D eigenvalue weighted by molar-refractivity contribution is 5.72. The van der Waals surface area contributed by atoms with Crippen LogP contribution >= 0.6 is 0 Å². The molecule has 0 unspecified atom stereocenters. The molecule has 7 heteroatoms. The minimum absolute atomic E-state index is 0.134. The third kappa shape index (κ3) is 3.40. The van der Waals surface area contributed by atoms with Crippen LogP contribution in [0.2, 0.25) is 0 Å². The molecule has 0 bridgehead atoms. The number of rotatable bonds is 4. The van der Waals surface area contributed by atoms with Gasteiger partial charge in [0.05, 0.1) is 18.6 Å². The lowest BCUT2D eigenvalue weighted by Crippen LogP contribution is -2.43. The minimum Gasteiger partial charge on any atom is -0.320 e. The summed E-state index contributed by atoms with van der Waals surface area (Å²) in [5.41, 5.74) is 1.00. The number of hydrogen-bond acceptors (Lipinski definition) is 3. The molecule has 2 aromatic heterocycles. The zero-order valence-electron chi connectivity index (χ0n) is 17.1. The van der Waals surface area contributed by atoms with E-state index in [0.717, 1.165) is 32.1 Å². The molecular formula is C24H23FN4O2. The summed E-state index contributed by atoms with van der Waals surface area (Å²) >= 11 is 0. The van der Waals surface area contributed by atoms with Crippen molar-refractivity contribution in [1.82, 2.24) is 18.7 Å². The third-order valence-corrected chi connectivity index (χ3v) is 6.10. The molecule has 5 rings (SSSR count). The summed E-state index contributed by atoms with van der Waals surface area (Å²) in [6.07, 6.45) is 6.23. The van der Waals surface area contributed by atoms with Crippen LogP contribution in [-0.4, -0.2) is 18.7 Å². The van der Waals surface area contributed by atoms with Gasteiger partial charge in [0.2, 0.25) is 0 Å². The van der Waals surface area contributed by atoms with Crippen molar-refractivity contribution in [3.8, 4) is 5.69 Å². The molecule has 0 spiro atoms. The van der Waals surface area contributed by atoms with Crippen molar-refractivity contribution in [2.45, 2.75) is 44.7 Å². The smallest absolute Gasteiger partial charge is 0.320 e. The van der Waals surface area contributed by atoms with Gasteiger partial charge in [-0.05, 0) is 31.0 Å². The van der Waals surface area contributed by atoms with Gasteiger partial charge in [0.25, 0.3) is 5.56 Å². The summed E-state index contributed by atoms with van der Waals surface area (Å²) in [5, 5.41) is 0. The van der Waals surface area contributed by atoms with Crippen molar-refractivity contribution in [2.75, 3.05) is 0 Å². The number of imidazole rings is 1. The van der Waals surface area contributed by atoms with Crippen LogP contribution in [-0.2, 0) is 6.54 Å². The molecular weight excluding hydrogens is 395 g/mol. The van der Waals surface area contributed by atoms with Gasteiger partial charge in [0, 0.05) is 11.6 Å². The van der Waals surface area contributed by atoms with Gasteiger partial charge in [-0.3, -0.25) is 9.36 Å². The van der Waals surface area contributed by atoms with Gasteiger partial charge in [0.15, 0.2) is 11.2 Å². The molecule has 2 heterocycles. The monoisotopic (exact) mass is 418 g/mol. The molecule has 6 nitrogen and oxygen atoms in total. The second-order valence-electron chi connectivity index (χ2n) is 8.06. The molecule has 0 aliphatic heterocycles. The van der Waals surface area contributed by atoms with E-state index in [4.69, 9.17) is 0 Å². The average Bonchev–Trinajstić information content (AvgIpc) is 3.20. The molecule has 0 radical (unpaired) electrons. The SMILES string of the molecule is O=c1c2c(ncn2Cc2ccccc2F)n(-c2ccccc2)c(=O)n1C1CCCCC1. The van der Waals surface area contributed by atoms with Gasteiger partial charge >= 0.3 is 5.69 Å². The molecule has 2 aromatic carbocycles. The summed E-state index contributed by atoms with van der Waals surface area (Å²) in [5.74, 6) is -0.340. The van der Waals surface area contributed by atoms with Crippen LogP contribution in [0.25, 0.3) is 16.9 Å². The maximum Gasteiger partial charge on any atom is 0.337 e. The molecule has 0 N–H and O–H groups in total. The highest BCUT2D eigenvalue weighted by Crippen LogP contribution is 2.27. The van der Waals surface area contributed by atoms with E-state index in [-0.39, 0.29) is 29.7 Å². The van der Waals surface area contributed by atoms with Gasteiger partial charge < -0.3 is 4.57 Å². The van der Waals surface area contributed by atoms with Crippen LogP contribution in [0, 0.1) is 5.82 Å². The van der Waals surface area contributed by atoms with Crippen LogP contribution in [0.4, 0.5) is 4.39 Å². The summed E-state index contributed by atoms with van der Waals surface area (Å²) in [6, 6.07) is 15.6. The van der Waals surface area contributed by atoms with Crippen molar-refractivity contribution < 1.29 is 4.39 Å². The maximum atomic E-state index is 14.3. The maximum absolute atomic E-state index is 14.3. The lowest BCUT2D eigenvalue weighted by atomic mass is 9.95. The van der Waals surface area contributed by atoms with Gasteiger partial charge in [-0.15, -0.1) is 0 Å². The van der Waals surface area contributed by atoms with Crippen LogP contribution in [0.5, 0.6) is 0 Å². The van der Waals surface area contributed by atoms with E-state index in [2.05, 4.69) is 4.98 Å². The highest BCUT2D eigenvalue weighted by atomic mass is 19.1. The molecule has 1 fully saturated rings. The number of para-hydroxylation sites is 1. The van der Waals surface area contributed by atoms with Gasteiger partial charge in [-0.25, -0.2) is 18.7 Å². The van der Waals surface area contributed by atoms with Crippen LogP contribution in [0.15, 0.2) is 70.5 Å². The van der Waals surface area contributed by atoms with E-state index in [0.29, 0.717) is 22.4 Å². The predicted octanol–water partition coefficient (Wildman–Crippen LogP) is 4.04. The first-order chi connectivity index (χ1) is 15.1. The zero-order valence-corrected chi connectivity index (χ0v) is 17.1. The number of nitrogens with zero attached hydrogens (tertiary/aromatic N) is 4. The van der Waals surface area contributed by atoms with Gasteiger partial charge in [-0.2, -0.15) is 0 Å². The Morgan fingerprint density at radius 3 is 2.39 bits per heavy atom. The fourth-order valence-corrected chi connectivity index (χ4v) is 4.55. The summed E-state index contributed by atoms with van der Waals surface area (Å²) in [6.45, 7) is 0.163. The number of fused-ring (bicyclic) bond motifs is 1. The molecule has 4 aromatic rings. The molecule has 158 valence electrons. The Balaban J connectivity index is 1.78. The Morgan fingerprint density at radius 2 is 1.65 bits per heavy atom. The third-order valence-electron chi connectivity index (χ3n) is 6.10. The normalized spacial score (nSPS) is 14.9. The van der Waals surface area contributed by atoms with Crippen LogP contribution in [0.3, 0.4) is 0 Å². The standard InChI is InChI=1S/C24H23FN4O2/c25-20-14-8-7-9-17(20)15-27-16-26-22-21(27)23(30)29(19-12-5-2-6-13-19)24(31)28(22)18-10-3-1-4-11-18/h1,3-4,7-11,14,16,19H,2,5-6,12-13,15H2. The second kappa shape index (κ2) is 7.98. The van der Waals surface area contributed by atoms with Crippen molar-refractivity contribution in [1.29, 1.82) is 0 Å². The molecule has 1 saturated carbocycles. The van der Waals surface area contributed by atoms with E-state index in [1.807, 2.05) is 30.3 Å². The van der Waals surface area contributed by atoms with Crippen LogP contribution < -0.4 is 11.2 Å². The second-order valence-corrected chi connectivity index (χ2v) is 8.06. The molecule has 0 amide bonds. The summed E-state index contributed by atoms with van der Waals surface area (Å²) < 4.78 is 18.8. The average molecular weight is 418 g/mol. The van der Waals surface area contributed by atoms with E-state index < -0.39 is 0 Å². The number of hydrogen-bond donors (Lipinski definition) is 0. The Kier molecular flexibility index (Phi) is 5.02. The minimum atomic E-state index is -0.369. The first kappa shape index (κ1) is 19.5. The Morgan fingerprint density at radius 1 is 0.935 bits per heavy atom. The van der Waals surface area contributed by atoms with E-state index >= 15 is 0 Å². The molecule has 0 saturated heterocycles. The van der Waals surface area contributed by atoms with Gasteiger partial charge in [0.1, 0.15) is 5.82 Å². The molecule has 31 heavy (non-hydrogen) atoms. The lowest BCUT2D eigenvalue weighted by Gasteiger charge is -2.24. The van der Waals surface area contributed by atoms with Gasteiger partial charge in [-0.1, -0.05) is 55.7 Å². The Labute approximate surface area is 178 Å². The molecule has 0 atom stereocenters. The van der Waals surface area contributed by atoms with E-state index in [1.165, 1.54) is 21.5 Å². The molecule has 1 aliphatic carbocycles. The van der Waals surface area contributed by atoms with Crippen LogP contribution in [0.1, 0.15) is 43.7 Å². The summed E-state index contributed by atoms with van der Waals surface area (Å²) in [7, 11) is 0. The van der Waals surface area contributed by atoms with Crippen molar-refractivity contribution in [2.24, 2.45) is 0 Å². The number of halogens is 1. The number of benzene rings is 2. The van der Waals surface area contributed by atoms with E-state index in [1.54, 1.807) is 22.8 Å². The highest BCUT2D eigenvalue weighted by Gasteiger charge is 2.25. The zero-order chi connectivity index (χ0) is 21.4. The first-order valence-corrected chi connectivity index (χ1v) is 10.7. The van der Waals surface area contributed by atoms with E-state index in [9.17, 15) is 14.0 Å². The fourth-order valence-electron chi connectivity index (χ4n) is 4.55. The largest absolute Gasteiger partial charge is 0.337 e. The number of aromatic nitrogens is 4. The quantitative estimate of drug-likeness (QED) is 0.503. The topological polar surface area (TPSA) is 61.8 Å². The predicted molar refractivity (Wildman–Crippen MR) is 117 cm³/mol. The van der Waals surface area contributed by atoms with Crippen molar-refractivity contribution >= 4 is 11.2 Å². The van der Waals surface area contributed by atoms with Crippen molar-refractivity contribution in [3.63, 3.8) is 0 Å². The molecule has 1 aliphatic rings. The first-order valence-electron chi connectivity index (χ1n) is 10.7. The lowest BCUT2D eigenvalue weighted by molar-refractivity contribution is 0.335. The summed E-state index contributed by atoms with van der Waals surface area (Å²) in [4.78, 5) is 31.5. The fraction of sp³-hybridized carbons (Fsp3) is 0.292. The Bertz CT molecular complexity index is 1350. The Hall–Kier alpha value is -3.48. The van der Waals surface area contributed by atoms with Crippen molar-refractivity contribution in [3.05, 3.63) is 93.1 Å².